The van der Waals surface area contributed by atoms with E-state index in [9.17, 15) is 0 Å². The Balaban J connectivity index is -0.0000000542. The van der Waals surface area contributed by atoms with Crippen LogP contribution in [-0.2, 0) is 0 Å². The molecule has 0 heteroatoms. The third-order valence-electron chi connectivity index (χ3n) is 0.500. The van der Waals surface area contributed by atoms with Crippen molar-refractivity contribution in [3.05, 3.63) is 26.3 Å². The first kappa shape index (κ1) is 15.6. The molecule has 0 aromatic rings. The molecule has 0 saturated heterocycles. The van der Waals surface area contributed by atoms with Gasteiger partial charge in [0.1, 0.15) is 0 Å². The maximum atomic E-state index is 3.00. The molecule has 0 amide bonds. The molecular formula is C8H18. The molecule has 8 heavy (non-hydrogen) atoms. The minimum atomic E-state index is 1.32. The Bertz CT molecular complexity index is 12.0. The van der Waals surface area contributed by atoms with Gasteiger partial charge in [-0.3, -0.25) is 0 Å². The van der Waals surface area contributed by atoms with Crippen molar-refractivity contribution in [2.75, 3.05) is 0 Å². The van der Waals surface area contributed by atoms with E-state index in [1.54, 1.807) is 0 Å². The summed E-state index contributed by atoms with van der Waals surface area (Å²) in [6, 6.07) is 0. The molecule has 0 radical (unpaired) electrons. The van der Waals surface area contributed by atoms with Crippen molar-refractivity contribution in [3.63, 3.8) is 0 Å². The average molecular weight is 114 g/mol. The zero-order valence-electron chi connectivity index (χ0n) is 6.24. The van der Waals surface area contributed by atoms with Gasteiger partial charge in [0.15, 0.2) is 0 Å². The molecule has 0 bridgehead atoms. The molecule has 0 aliphatic carbocycles. The van der Waals surface area contributed by atoms with Crippen molar-refractivity contribution in [2.45, 2.75) is 26.7 Å². The Morgan fingerprint density at radius 2 is 0.875 bits per heavy atom. The van der Waals surface area contributed by atoms with Crippen LogP contribution in [0.1, 0.15) is 26.7 Å². The van der Waals surface area contributed by atoms with Gasteiger partial charge >= 0.3 is 0 Å². The summed E-state index contributed by atoms with van der Waals surface area (Å²) >= 11 is 0. The molecule has 0 aliphatic heterocycles. The van der Waals surface area contributed by atoms with Gasteiger partial charge in [0.25, 0.3) is 0 Å². The highest BCUT2D eigenvalue weighted by molar-refractivity contribution is 4.22. The van der Waals surface area contributed by atoms with Gasteiger partial charge in [0.2, 0.25) is 0 Å². The van der Waals surface area contributed by atoms with Gasteiger partial charge < -0.3 is 0 Å². The molecule has 0 aliphatic rings. The highest BCUT2D eigenvalue weighted by Gasteiger charge is 1.56. The lowest BCUT2D eigenvalue weighted by molar-refractivity contribution is 0.886. The molecule has 50 valence electrons. The molecule has 0 spiro atoms. The summed E-state index contributed by atoms with van der Waals surface area (Å²) in [4.78, 5) is 0. The SMILES string of the molecule is C=C.C=C.CCCC. The van der Waals surface area contributed by atoms with Crippen LogP contribution < -0.4 is 0 Å². The zero-order valence-corrected chi connectivity index (χ0v) is 6.24. The van der Waals surface area contributed by atoms with Crippen molar-refractivity contribution in [3.8, 4) is 0 Å². The van der Waals surface area contributed by atoms with Crippen LogP contribution >= 0.6 is 0 Å². The quantitative estimate of drug-likeness (QED) is 0.458. The first-order valence-corrected chi connectivity index (χ1v) is 2.91. The number of unbranched alkanes of at least 4 members (excludes halogenated alkanes) is 1. The van der Waals surface area contributed by atoms with E-state index in [2.05, 4.69) is 40.2 Å². The maximum absolute atomic E-state index is 3.00. The van der Waals surface area contributed by atoms with E-state index in [0.717, 1.165) is 0 Å². The second-order valence-electron chi connectivity index (χ2n) is 1.000. The molecule has 0 unspecified atom stereocenters. The fourth-order valence-electron chi connectivity index (χ4n) is 0. The maximum Gasteiger partial charge on any atom is -0.0564 e. The molecule has 0 nitrogen and oxygen atoms in total. The van der Waals surface area contributed by atoms with E-state index in [-0.39, 0.29) is 0 Å². The topological polar surface area (TPSA) is 0 Å². The van der Waals surface area contributed by atoms with Crippen LogP contribution in [0.15, 0.2) is 26.3 Å². The van der Waals surface area contributed by atoms with Gasteiger partial charge in [-0.1, -0.05) is 26.7 Å². The Morgan fingerprint density at radius 3 is 0.875 bits per heavy atom. The summed E-state index contributed by atoms with van der Waals surface area (Å²) in [6.45, 7) is 16.4. The molecule has 0 atom stereocenters. The first-order chi connectivity index (χ1) is 3.91. The predicted molar refractivity (Wildman–Crippen MR) is 43.1 cm³/mol. The number of hydrogen-bond acceptors (Lipinski definition) is 0. The third kappa shape index (κ3) is 477. The summed E-state index contributed by atoms with van der Waals surface area (Å²) in [6.07, 6.45) is 2.64. The lowest BCUT2D eigenvalue weighted by atomic mass is 10.4. The van der Waals surface area contributed by atoms with E-state index in [1.807, 2.05) is 0 Å². The fourth-order valence-corrected chi connectivity index (χ4v) is 0. The van der Waals surface area contributed by atoms with Crippen molar-refractivity contribution in [2.24, 2.45) is 0 Å². The van der Waals surface area contributed by atoms with Crippen LogP contribution in [0.3, 0.4) is 0 Å². The first-order valence-electron chi connectivity index (χ1n) is 2.91. The Hall–Kier alpha value is -0.520. The van der Waals surface area contributed by atoms with E-state index in [1.165, 1.54) is 12.8 Å². The second-order valence-corrected chi connectivity index (χ2v) is 1.000. The third-order valence-corrected chi connectivity index (χ3v) is 0.500. The van der Waals surface area contributed by atoms with Crippen LogP contribution in [-0.4, -0.2) is 0 Å². The van der Waals surface area contributed by atoms with Crippen LogP contribution in [0, 0.1) is 0 Å². The highest BCUT2D eigenvalue weighted by Crippen LogP contribution is 1.76. The largest absolute Gasteiger partial charge is 0.106 e. The fraction of sp³-hybridized carbons (Fsp3) is 0.500. The Labute approximate surface area is 53.9 Å². The van der Waals surface area contributed by atoms with Gasteiger partial charge in [0.05, 0.1) is 0 Å². The monoisotopic (exact) mass is 114 g/mol. The van der Waals surface area contributed by atoms with E-state index < -0.39 is 0 Å². The molecular weight excluding hydrogens is 96.1 g/mol. The Kier molecular flexibility index (Phi) is 174. The molecule has 0 saturated carbocycles. The smallest absolute Gasteiger partial charge is 0.0564 e. The van der Waals surface area contributed by atoms with Crippen LogP contribution in [0.25, 0.3) is 0 Å². The van der Waals surface area contributed by atoms with Gasteiger partial charge in [-0.25, -0.2) is 0 Å². The summed E-state index contributed by atoms with van der Waals surface area (Å²) < 4.78 is 0. The minimum absolute atomic E-state index is 1.32. The van der Waals surface area contributed by atoms with Crippen LogP contribution in [0.2, 0.25) is 0 Å². The number of rotatable bonds is 1. The van der Waals surface area contributed by atoms with E-state index >= 15 is 0 Å². The Morgan fingerprint density at radius 1 is 0.750 bits per heavy atom. The minimum Gasteiger partial charge on any atom is -0.106 e. The van der Waals surface area contributed by atoms with Crippen LogP contribution in [0.5, 0.6) is 0 Å². The van der Waals surface area contributed by atoms with Crippen molar-refractivity contribution >= 4 is 0 Å². The molecule has 0 fully saturated rings. The van der Waals surface area contributed by atoms with E-state index in [0.29, 0.717) is 0 Å². The van der Waals surface area contributed by atoms with Gasteiger partial charge in [-0.15, -0.1) is 26.3 Å². The molecule has 0 heterocycles. The van der Waals surface area contributed by atoms with Gasteiger partial charge in [-0.05, 0) is 0 Å². The normalized spacial score (nSPS) is 4.75. The lowest BCUT2D eigenvalue weighted by Crippen LogP contribution is -1.47. The van der Waals surface area contributed by atoms with Gasteiger partial charge in [-0.2, -0.15) is 0 Å². The van der Waals surface area contributed by atoms with Crippen LogP contribution in [0.4, 0.5) is 0 Å². The zero-order chi connectivity index (χ0) is 7.41. The summed E-state index contributed by atoms with van der Waals surface area (Å²) in [7, 11) is 0. The average Bonchev–Trinajstić information content (AvgIpc) is 1.96. The van der Waals surface area contributed by atoms with Gasteiger partial charge in [0, 0.05) is 0 Å². The molecule has 0 aromatic heterocycles. The summed E-state index contributed by atoms with van der Waals surface area (Å²) in [5.74, 6) is 0. The second kappa shape index (κ2) is 88.8. The summed E-state index contributed by atoms with van der Waals surface area (Å²) in [5, 5.41) is 0. The van der Waals surface area contributed by atoms with Crippen molar-refractivity contribution < 1.29 is 0 Å². The van der Waals surface area contributed by atoms with Crippen molar-refractivity contribution in [1.29, 1.82) is 0 Å². The molecule has 0 N–H and O–H groups in total. The predicted octanol–water partition coefficient (Wildman–Crippen LogP) is 3.41. The standard InChI is InChI=1S/C4H10.2C2H4/c1-3-4-2;2*1-2/h3-4H2,1-2H3;2*1-2H2. The molecule has 0 aromatic carbocycles. The van der Waals surface area contributed by atoms with E-state index in [4.69, 9.17) is 0 Å². The van der Waals surface area contributed by atoms with Crippen molar-refractivity contribution in [1.82, 2.24) is 0 Å². The lowest BCUT2D eigenvalue weighted by Gasteiger charge is -1.68. The number of hydrogen-bond donors (Lipinski definition) is 0. The summed E-state index contributed by atoms with van der Waals surface area (Å²) in [5.41, 5.74) is 0. The highest BCUT2D eigenvalue weighted by atomic mass is 13.6. The molecule has 0 rings (SSSR count).